The van der Waals surface area contributed by atoms with Crippen LogP contribution < -0.4 is 5.32 Å². The van der Waals surface area contributed by atoms with E-state index in [0.29, 0.717) is 11.1 Å². The van der Waals surface area contributed by atoms with Crippen LogP contribution in [0.1, 0.15) is 28.3 Å². The summed E-state index contributed by atoms with van der Waals surface area (Å²) in [5, 5.41) is 3.33. The molecule has 0 radical (unpaired) electrons. The average Bonchev–Trinajstić information content (AvgIpc) is 2.34. The van der Waals surface area contributed by atoms with Crippen LogP contribution in [0.2, 0.25) is 5.02 Å². The highest BCUT2D eigenvalue weighted by Gasteiger charge is 2.21. The molecule has 0 aromatic heterocycles. The summed E-state index contributed by atoms with van der Waals surface area (Å²) in [6.07, 6.45) is 0. The number of nitrogens with one attached hydrogen (secondary N) is 1. The largest absolute Gasteiger partial charge is 0.309 e. The van der Waals surface area contributed by atoms with E-state index in [1.54, 1.807) is 13.1 Å². The maximum Gasteiger partial charge on any atom is 0.128 e. The Balaban J connectivity index is 2.58. The van der Waals surface area contributed by atoms with Gasteiger partial charge in [-0.25, -0.2) is 8.78 Å². The van der Waals surface area contributed by atoms with E-state index in [2.05, 4.69) is 5.32 Å². The fraction of sp³-hybridized carbons (Fsp3) is 0.250. The lowest BCUT2D eigenvalue weighted by Crippen LogP contribution is -2.20. The van der Waals surface area contributed by atoms with Crippen molar-refractivity contribution >= 4 is 11.6 Å². The Morgan fingerprint density at radius 1 is 1.10 bits per heavy atom. The summed E-state index contributed by atoms with van der Waals surface area (Å²) in [4.78, 5) is 0. The lowest BCUT2D eigenvalue weighted by atomic mass is 9.93. The minimum Gasteiger partial charge on any atom is -0.309 e. The van der Waals surface area contributed by atoms with Crippen molar-refractivity contribution in [2.75, 3.05) is 7.05 Å². The molecule has 1 atom stereocenters. The van der Waals surface area contributed by atoms with E-state index in [-0.39, 0.29) is 10.8 Å². The molecule has 0 amide bonds. The number of halogens is 3. The fourth-order valence-electron chi connectivity index (χ4n) is 2.48. The quantitative estimate of drug-likeness (QED) is 0.876. The van der Waals surface area contributed by atoms with Crippen molar-refractivity contribution in [3.05, 3.63) is 69.2 Å². The Morgan fingerprint density at radius 3 is 2.35 bits per heavy atom. The molecule has 0 aliphatic heterocycles. The van der Waals surface area contributed by atoms with Crippen LogP contribution in [0.5, 0.6) is 0 Å². The minimum absolute atomic E-state index is 0.281. The fourth-order valence-corrected chi connectivity index (χ4v) is 2.76. The van der Waals surface area contributed by atoms with Gasteiger partial charge < -0.3 is 5.32 Å². The van der Waals surface area contributed by atoms with Gasteiger partial charge in [-0.1, -0.05) is 23.7 Å². The van der Waals surface area contributed by atoms with Crippen molar-refractivity contribution in [1.82, 2.24) is 5.32 Å². The maximum atomic E-state index is 14.3. The lowest BCUT2D eigenvalue weighted by molar-refractivity contribution is 0.571. The molecule has 0 aliphatic rings. The highest BCUT2D eigenvalue weighted by atomic mass is 35.5. The second-order valence-electron chi connectivity index (χ2n) is 4.86. The monoisotopic (exact) mass is 295 g/mol. The molecule has 2 aromatic rings. The minimum atomic E-state index is -0.413. The van der Waals surface area contributed by atoms with Gasteiger partial charge in [0.25, 0.3) is 0 Å². The van der Waals surface area contributed by atoms with E-state index < -0.39 is 11.9 Å². The third-order valence-corrected chi connectivity index (χ3v) is 3.66. The molecule has 106 valence electrons. The van der Waals surface area contributed by atoms with Crippen molar-refractivity contribution in [3.8, 4) is 0 Å². The van der Waals surface area contributed by atoms with Gasteiger partial charge in [0.05, 0.1) is 6.04 Å². The van der Waals surface area contributed by atoms with Gasteiger partial charge in [-0.15, -0.1) is 0 Å². The third-order valence-electron chi connectivity index (χ3n) is 3.33. The van der Waals surface area contributed by atoms with Gasteiger partial charge in [-0.05, 0) is 55.8 Å². The molecule has 1 N–H and O–H groups in total. The molecular weight excluding hydrogens is 280 g/mol. The molecule has 0 aliphatic carbocycles. The van der Waals surface area contributed by atoms with Gasteiger partial charge in [0, 0.05) is 10.6 Å². The summed E-state index contributed by atoms with van der Waals surface area (Å²) in [6, 6.07) is 7.14. The molecule has 2 aromatic carbocycles. The third kappa shape index (κ3) is 2.84. The van der Waals surface area contributed by atoms with Crippen molar-refractivity contribution in [2.45, 2.75) is 19.9 Å². The van der Waals surface area contributed by atoms with Gasteiger partial charge in [-0.2, -0.15) is 0 Å². The second kappa shape index (κ2) is 5.90. The molecule has 0 spiro atoms. The van der Waals surface area contributed by atoms with Gasteiger partial charge in [0.15, 0.2) is 0 Å². The van der Waals surface area contributed by atoms with Crippen molar-refractivity contribution < 1.29 is 8.78 Å². The molecule has 0 saturated carbocycles. The Labute approximate surface area is 122 Å². The standard InChI is InChI=1S/C16H16ClF2N/c1-9-6-10(2)15(14(19)7-9)16(20-3)12-5-4-11(18)8-13(12)17/h4-8,16,20H,1-3H3. The first-order valence-corrected chi connectivity index (χ1v) is 6.70. The van der Waals surface area contributed by atoms with Gasteiger partial charge in [0.2, 0.25) is 0 Å². The number of hydrogen-bond acceptors (Lipinski definition) is 1. The SMILES string of the molecule is CNC(c1ccc(F)cc1Cl)c1c(C)cc(C)cc1F. The van der Waals surface area contributed by atoms with E-state index in [9.17, 15) is 8.78 Å². The molecule has 2 rings (SSSR count). The number of benzene rings is 2. The highest BCUT2D eigenvalue weighted by Crippen LogP contribution is 2.32. The second-order valence-corrected chi connectivity index (χ2v) is 5.27. The molecule has 1 unspecified atom stereocenters. The molecule has 20 heavy (non-hydrogen) atoms. The molecular formula is C16H16ClF2N. The zero-order valence-corrected chi connectivity index (χ0v) is 12.4. The average molecular weight is 296 g/mol. The lowest BCUT2D eigenvalue weighted by Gasteiger charge is -2.21. The van der Waals surface area contributed by atoms with Crippen molar-refractivity contribution in [3.63, 3.8) is 0 Å². The van der Waals surface area contributed by atoms with E-state index >= 15 is 0 Å². The summed E-state index contributed by atoms with van der Waals surface area (Å²) in [7, 11) is 1.73. The number of rotatable bonds is 3. The van der Waals surface area contributed by atoms with Crippen molar-refractivity contribution in [2.24, 2.45) is 0 Å². The van der Waals surface area contributed by atoms with Crippen LogP contribution in [0, 0.1) is 25.5 Å². The van der Waals surface area contributed by atoms with E-state index in [4.69, 9.17) is 11.6 Å². The first-order chi connectivity index (χ1) is 9.43. The van der Waals surface area contributed by atoms with Crippen molar-refractivity contribution in [1.29, 1.82) is 0 Å². The molecule has 0 fully saturated rings. The zero-order valence-electron chi connectivity index (χ0n) is 11.6. The van der Waals surface area contributed by atoms with E-state index in [1.165, 1.54) is 18.2 Å². The summed E-state index contributed by atoms with van der Waals surface area (Å²) >= 11 is 6.09. The van der Waals surface area contributed by atoms with Crippen LogP contribution in [-0.2, 0) is 0 Å². The van der Waals surface area contributed by atoms with Crippen LogP contribution >= 0.6 is 11.6 Å². The first kappa shape index (κ1) is 14.9. The number of aryl methyl sites for hydroxylation is 2. The number of hydrogen-bond donors (Lipinski definition) is 1. The predicted octanol–water partition coefficient (Wildman–Crippen LogP) is 4.54. The van der Waals surface area contributed by atoms with Crippen LogP contribution in [0.15, 0.2) is 30.3 Å². The molecule has 0 bridgehead atoms. The molecule has 0 heterocycles. The summed E-state index contributed by atoms with van der Waals surface area (Å²) in [5.74, 6) is -0.697. The molecule has 0 saturated heterocycles. The Hall–Kier alpha value is -1.45. The Morgan fingerprint density at radius 2 is 1.80 bits per heavy atom. The van der Waals surface area contributed by atoms with Crippen LogP contribution in [0.3, 0.4) is 0 Å². The molecule has 1 nitrogen and oxygen atoms in total. The zero-order chi connectivity index (χ0) is 14.9. The Bertz CT molecular complexity index is 617. The topological polar surface area (TPSA) is 12.0 Å². The van der Waals surface area contributed by atoms with Crippen LogP contribution in [0.4, 0.5) is 8.78 Å². The van der Waals surface area contributed by atoms with Gasteiger partial charge in [0.1, 0.15) is 11.6 Å². The van der Waals surface area contributed by atoms with Gasteiger partial charge >= 0.3 is 0 Å². The summed E-state index contributed by atoms with van der Waals surface area (Å²) in [5.41, 5.74) is 2.89. The summed E-state index contributed by atoms with van der Waals surface area (Å²) < 4.78 is 27.4. The highest BCUT2D eigenvalue weighted by molar-refractivity contribution is 6.31. The maximum absolute atomic E-state index is 14.3. The normalized spacial score (nSPS) is 12.5. The van der Waals surface area contributed by atoms with Crippen LogP contribution in [0.25, 0.3) is 0 Å². The van der Waals surface area contributed by atoms with Crippen LogP contribution in [-0.4, -0.2) is 7.05 Å². The summed E-state index contributed by atoms with van der Waals surface area (Å²) in [6.45, 7) is 3.70. The van der Waals surface area contributed by atoms with E-state index in [0.717, 1.165) is 11.1 Å². The van der Waals surface area contributed by atoms with Gasteiger partial charge in [-0.3, -0.25) is 0 Å². The predicted molar refractivity (Wildman–Crippen MR) is 78.2 cm³/mol. The van der Waals surface area contributed by atoms with E-state index in [1.807, 2.05) is 19.9 Å². The Kier molecular flexibility index (Phi) is 4.41. The smallest absolute Gasteiger partial charge is 0.128 e. The molecule has 4 heteroatoms. The first-order valence-electron chi connectivity index (χ1n) is 6.33.